The first-order valence-corrected chi connectivity index (χ1v) is 7.33. The molecule has 2 N–H and O–H groups in total. The van der Waals surface area contributed by atoms with Gasteiger partial charge in [0.2, 0.25) is 5.91 Å². The van der Waals surface area contributed by atoms with Gasteiger partial charge in [0.05, 0.1) is 12.3 Å². The molecule has 0 aliphatic rings. The van der Waals surface area contributed by atoms with E-state index in [-0.39, 0.29) is 24.7 Å². The SMILES string of the molecule is C[C@H](C(=O)NCCC(=O)O)c1ccc(-c2ccccc2)c(F)c1. The zero-order chi connectivity index (χ0) is 16.8. The lowest BCUT2D eigenvalue weighted by Crippen LogP contribution is -2.30. The van der Waals surface area contributed by atoms with E-state index in [4.69, 9.17) is 5.11 Å². The van der Waals surface area contributed by atoms with Gasteiger partial charge in [-0.1, -0.05) is 42.5 Å². The molecule has 0 saturated heterocycles. The summed E-state index contributed by atoms with van der Waals surface area (Å²) in [4.78, 5) is 22.4. The van der Waals surface area contributed by atoms with Crippen molar-refractivity contribution in [2.75, 3.05) is 6.54 Å². The molecule has 1 atom stereocenters. The summed E-state index contributed by atoms with van der Waals surface area (Å²) in [7, 11) is 0. The maximum Gasteiger partial charge on any atom is 0.305 e. The molecule has 5 heteroatoms. The molecule has 0 spiro atoms. The van der Waals surface area contributed by atoms with E-state index in [9.17, 15) is 14.0 Å². The fraction of sp³-hybridized carbons (Fsp3) is 0.222. The van der Waals surface area contributed by atoms with Crippen LogP contribution in [0.1, 0.15) is 24.8 Å². The summed E-state index contributed by atoms with van der Waals surface area (Å²) in [5.41, 5.74) is 1.80. The second-order valence-electron chi connectivity index (χ2n) is 5.26. The molecule has 0 fully saturated rings. The fourth-order valence-electron chi connectivity index (χ4n) is 2.25. The van der Waals surface area contributed by atoms with Gasteiger partial charge >= 0.3 is 5.97 Å². The topological polar surface area (TPSA) is 66.4 Å². The molecular formula is C18H18FNO3. The average molecular weight is 315 g/mol. The Morgan fingerprint density at radius 3 is 2.48 bits per heavy atom. The van der Waals surface area contributed by atoms with Gasteiger partial charge in [-0.05, 0) is 24.1 Å². The molecule has 120 valence electrons. The third-order valence-corrected chi connectivity index (χ3v) is 3.61. The van der Waals surface area contributed by atoms with Crippen LogP contribution in [0.2, 0.25) is 0 Å². The molecular weight excluding hydrogens is 297 g/mol. The lowest BCUT2D eigenvalue weighted by molar-refractivity contribution is -0.136. The predicted molar refractivity (Wildman–Crippen MR) is 85.5 cm³/mol. The minimum Gasteiger partial charge on any atom is -0.481 e. The minimum absolute atomic E-state index is 0.0586. The third-order valence-electron chi connectivity index (χ3n) is 3.61. The Morgan fingerprint density at radius 2 is 1.87 bits per heavy atom. The summed E-state index contributed by atoms with van der Waals surface area (Å²) in [6, 6.07) is 13.9. The Morgan fingerprint density at radius 1 is 1.17 bits per heavy atom. The number of aliphatic carboxylic acids is 1. The smallest absolute Gasteiger partial charge is 0.305 e. The molecule has 0 saturated carbocycles. The van der Waals surface area contributed by atoms with Crippen LogP contribution < -0.4 is 5.32 Å². The molecule has 0 aliphatic heterocycles. The molecule has 0 bridgehead atoms. The van der Waals surface area contributed by atoms with E-state index in [0.717, 1.165) is 5.56 Å². The molecule has 4 nitrogen and oxygen atoms in total. The van der Waals surface area contributed by atoms with Crippen molar-refractivity contribution in [3.63, 3.8) is 0 Å². The Balaban J connectivity index is 2.10. The highest BCUT2D eigenvalue weighted by atomic mass is 19.1. The van der Waals surface area contributed by atoms with E-state index < -0.39 is 11.9 Å². The summed E-state index contributed by atoms with van der Waals surface area (Å²) in [5, 5.41) is 11.1. The molecule has 2 rings (SSSR count). The van der Waals surface area contributed by atoms with Crippen molar-refractivity contribution in [3.8, 4) is 11.1 Å². The number of carboxylic acids is 1. The molecule has 23 heavy (non-hydrogen) atoms. The molecule has 1 amide bonds. The largest absolute Gasteiger partial charge is 0.481 e. The molecule has 0 aromatic heterocycles. The van der Waals surface area contributed by atoms with Gasteiger partial charge in [0.25, 0.3) is 0 Å². The van der Waals surface area contributed by atoms with E-state index in [0.29, 0.717) is 11.1 Å². The second kappa shape index (κ2) is 7.54. The maximum atomic E-state index is 14.3. The van der Waals surface area contributed by atoms with Crippen molar-refractivity contribution in [1.82, 2.24) is 5.32 Å². The molecule has 2 aromatic carbocycles. The van der Waals surface area contributed by atoms with E-state index in [1.165, 1.54) is 6.07 Å². The maximum absolute atomic E-state index is 14.3. The highest BCUT2D eigenvalue weighted by molar-refractivity contribution is 5.83. The Labute approximate surface area is 134 Å². The van der Waals surface area contributed by atoms with Crippen LogP contribution in [0.15, 0.2) is 48.5 Å². The first-order valence-electron chi connectivity index (χ1n) is 7.33. The van der Waals surface area contributed by atoms with Gasteiger partial charge in [-0.15, -0.1) is 0 Å². The van der Waals surface area contributed by atoms with E-state index in [1.807, 2.05) is 30.3 Å². The molecule has 0 aliphatic carbocycles. The fourth-order valence-corrected chi connectivity index (χ4v) is 2.25. The lowest BCUT2D eigenvalue weighted by Gasteiger charge is -2.13. The number of amides is 1. The summed E-state index contributed by atoms with van der Waals surface area (Å²) < 4.78 is 14.3. The Bertz CT molecular complexity index is 701. The summed E-state index contributed by atoms with van der Waals surface area (Å²) in [6.45, 7) is 1.72. The van der Waals surface area contributed by atoms with Crippen LogP contribution in [-0.2, 0) is 9.59 Å². The number of hydrogen-bond donors (Lipinski definition) is 2. The number of carbonyl (C=O) groups is 2. The molecule has 0 radical (unpaired) electrons. The number of carboxylic acid groups (broad SMARTS) is 1. The van der Waals surface area contributed by atoms with Crippen LogP contribution in [0.3, 0.4) is 0 Å². The second-order valence-corrected chi connectivity index (χ2v) is 5.26. The number of rotatable bonds is 6. The lowest BCUT2D eigenvalue weighted by atomic mass is 9.96. The third kappa shape index (κ3) is 4.39. The van der Waals surface area contributed by atoms with Gasteiger partial charge in [0, 0.05) is 12.1 Å². The highest BCUT2D eigenvalue weighted by Gasteiger charge is 2.17. The van der Waals surface area contributed by atoms with Crippen molar-refractivity contribution >= 4 is 11.9 Å². The first-order chi connectivity index (χ1) is 11.0. The van der Waals surface area contributed by atoms with Gasteiger partial charge < -0.3 is 10.4 Å². The number of hydrogen-bond acceptors (Lipinski definition) is 2. The Hall–Kier alpha value is -2.69. The number of benzene rings is 2. The number of halogens is 1. The van der Waals surface area contributed by atoms with Crippen molar-refractivity contribution in [2.24, 2.45) is 0 Å². The highest BCUT2D eigenvalue weighted by Crippen LogP contribution is 2.26. The van der Waals surface area contributed by atoms with Gasteiger partial charge in [0.15, 0.2) is 0 Å². The first kappa shape index (κ1) is 16.7. The van der Waals surface area contributed by atoms with E-state index in [2.05, 4.69) is 5.32 Å². The molecule has 0 heterocycles. The van der Waals surface area contributed by atoms with Crippen LogP contribution in [-0.4, -0.2) is 23.5 Å². The number of carbonyl (C=O) groups excluding carboxylic acids is 1. The summed E-state index contributed by atoms with van der Waals surface area (Å²) >= 11 is 0. The standard InChI is InChI=1S/C18H18FNO3/c1-12(18(23)20-10-9-17(21)22)14-7-8-15(16(19)11-14)13-5-3-2-4-6-13/h2-8,11-12H,9-10H2,1H3,(H,20,23)(H,21,22)/t12-/m0/s1. The van der Waals surface area contributed by atoms with Crippen molar-refractivity contribution < 1.29 is 19.1 Å². The van der Waals surface area contributed by atoms with Crippen LogP contribution in [0.4, 0.5) is 4.39 Å². The normalized spacial score (nSPS) is 11.7. The zero-order valence-electron chi connectivity index (χ0n) is 12.8. The number of nitrogens with one attached hydrogen (secondary N) is 1. The summed E-state index contributed by atoms with van der Waals surface area (Å²) in [5.74, 6) is -2.24. The van der Waals surface area contributed by atoms with Gasteiger partial charge in [0.1, 0.15) is 5.82 Å². The van der Waals surface area contributed by atoms with Crippen molar-refractivity contribution in [2.45, 2.75) is 19.3 Å². The Kier molecular flexibility index (Phi) is 5.46. The summed E-state index contributed by atoms with van der Waals surface area (Å²) in [6.07, 6.45) is -0.139. The van der Waals surface area contributed by atoms with Crippen molar-refractivity contribution in [1.29, 1.82) is 0 Å². The van der Waals surface area contributed by atoms with Crippen LogP contribution >= 0.6 is 0 Å². The minimum atomic E-state index is -0.976. The zero-order valence-corrected chi connectivity index (χ0v) is 12.8. The van der Waals surface area contributed by atoms with Gasteiger partial charge in [-0.25, -0.2) is 4.39 Å². The van der Waals surface area contributed by atoms with Crippen LogP contribution in [0, 0.1) is 5.82 Å². The van der Waals surface area contributed by atoms with Crippen LogP contribution in [0.25, 0.3) is 11.1 Å². The molecule has 0 unspecified atom stereocenters. The van der Waals surface area contributed by atoms with E-state index in [1.54, 1.807) is 19.1 Å². The predicted octanol–water partition coefficient (Wildman–Crippen LogP) is 3.19. The monoisotopic (exact) mass is 315 g/mol. The van der Waals surface area contributed by atoms with Crippen molar-refractivity contribution in [3.05, 3.63) is 59.9 Å². The quantitative estimate of drug-likeness (QED) is 0.860. The van der Waals surface area contributed by atoms with Gasteiger partial charge in [-0.3, -0.25) is 9.59 Å². The van der Waals surface area contributed by atoms with E-state index >= 15 is 0 Å². The van der Waals surface area contributed by atoms with Gasteiger partial charge in [-0.2, -0.15) is 0 Å². The molecule has 2 aromatic rings. The van der Waals surface area contributed by atoms with Crippen LogP contribution in [0.5, 0.6) is 0 Å². The average Bonchev–Trinajstić information content (AvgIpc) is 2.54.